The van der Waals surface area contributed by atoms with Crippen molar-refractivity contribution in [3.63, 3.8) is 0 Å². The molecule has 2 aromatic rings. The summed E-state index contributed by atoms with van der Waals surface area (Å²) in [6.07, 6.45) is 0.377. The van der Waals surface area contributed by atoms with Crippen LogP contribution in [0.15, 0.2) is 54.6 Å². The van der Waals surface area contributed by atoms with Crippen molar-refractivity contribution in [1.29, 1.82) is 0 Å². The molecule has 1 fully saturated rings. The average Bonchev–Trinajstić information content (AvgIpc) is 2.75. The minimum absolute atomic E-state index is 0.0499. The lowest BCUT2D eigenvalue weighted by molar-refractivity contribution is -0.0724. The number of sulfonamides is 1. The lowest BCUT2D eigenvalue weighted by Gasteiger charge is -2.38. The number of nitrogens with zero attached hydrogens (tertiary/aromatic N) is 2. The van der Waals surface area contributed by atoms with Gasteiger partial charge in [-0.25, -0.2) is 17.2 Å². The van der Waals surface area contributed by atoms with Crippen molar-refractivity contribution in [3.05, 3.63) is 65.7 Å². The van der Waals surface area contributed by atoms with Crippen LogP contribution in [-0.4, -0.2) is 55.8 Å². The fraction of sp³-hybridized carbons (Fsp3) is 0.520. The van der Waals surface area contributed by atoms with Crippen LogP contribution in [-0.2, 0) is 22.3 Å². The van der Waals surface area contributed by atoms with E-state index in [1.807, 2.05) is 63.2 Å². The molecule has 1 unspecified atom stereocenters. The molecule has 1 saturated heterocycles. The highest BCUT2D eigenvalue weighted by molar-refractivity contribution is 7.88. The zero-order valence-electron chi connectivity index (χ0n) is 19.7. The fourth-order valence-electron chi connectivity index (χ4n) is 4.13. The van der Waals surface area contributed by atoms with Gasteiger partial charge in [0.2, 0.25) is 10.0 Å². The number of alkyl halides is 2. The van der Waals surface area contributed by atoms with E-state index in [0.29, 0.717) is 31.7 Å². The quantitative estimate of drug-likeness (QED) is 0.531. The summed E-state index contributed by atoms with van der Waals surface area (Å²) in [6.45, 7) is 7.57. The van der Waals surface area contributed by atoms with Crippen molar-refractivity contribution in [3.8, 4) is 0 Å². The highest BCUT2D eigenvalue weighted by Gasteiger charge is 2.44. The van der Waals surface area contributed by atoms with Gasteiger partial charge in [0.15, 0.2) is 0 Å². The summed E-state index contributed by atoms with van der Waals surface area (Å²) in [5, 5.41) is 2.98. The van der Waals surface area contributed by atoms with Crippen molar-refractivity contribution < 1.29 is 17.2 Å². The molecule has 0 saturated carbocycles. The third-order valence-electron chi connectivity index (χ3n) is 5.93. The van der Waals surface area contributed by atoms with Crippen molar-refractivity contribution in [2.24, 2.45) is 5.92 Å². The highest BCUT2D eigenvalue weighted by Crippen LogP contribution is 2.30. The number of hydrogen-bond acceptors (Lipinski definition) is 4. The van der Waals surface area contributed by atoms with Gasteiger partial charge in [0, 0.05) is 25.3 Å². The molecule has 0 radical (unpaired) electrons. The highest BCUT2D eigenvalue weighted by atomic mass is 32.2. The van der Waals surface area contributed by atoms with Crippen LogP contribution in [0.3, 0.4) is 0 Å². The molecule has 182 valence electrons. The van der Waals surface area contributed by atoms with E-state index in [2.05, 4.69) is 5.32 Å². The Morgan fingerprint density at radius 1 is 1.09 bits per heavy atom. The van der Waals surface area contributed by atoms with Gasteiger partial charge in [0.05, 0.1) is 18.3 Å². The first kappa shape index (κ1) is 25.6. The van der Waals surface area contributed by atoms with Gasteiger partial charge in [-0.2, -0.15) is 4.31 Å². The number of hydrogen-bond donors (Lipinski definition) is 1. The fourth-order valence-corrected chi connectivity index (χ4v) is 5.80. The molecule has 1 atom stereocenters. The molecule has 33 heavy (non-hydrogen) atoms. The Morgan fingerprint density at radius 2 is 1.76 bits per heavy atom. The van der Waals surface area contributed by atoms with Gasteiger partial charge >= 0.3 is 0 Å². The monoisotopic (exact) mass is 479 g/mol. The first-order valence-electron chi connectivity index (χ1n) is 11.6. The van der Waals surface area contributed by atoms with E-state index in [4.69, 9.17) is 0 Å². The summed E-state index contributed by atoms with van der Waals surface area (Å²) in [5.41, 5.74) is 2.20. The van der Waals surface area contributed by atoms with Crippen molar-refractivity contribution >= 4 is 15.7 Å². The van der Waals surface area contributed by atoms with Gasteiger partial charge in [-0.15, -0.1) is 0 Å². The molecule has 2 aromatic carbocycles. The summed E-state index contributed by atoms with van der Waals surface area (Å²) in [6, 6.07) is 15.4. The molecule has 0 spiro atoms. The molecule has 3 rings (SSSR count). The second-order valence-corrected chi connectivity index (χ2v) is 11.2. The van der Waals surface area contributed by atoms with E-state index in [1.54, 1.807) is 17.0 Å². The zero-order chi connectivity index (χ0) is 24.1. The molecule has 1 N–H and O–H groups in total. The molecule has 1 heterocycles. The van der Waals surface area contributed by atoms with Crippen LogP contribution in [0, 0.1) is 5.92 Å². The van der Waals surface area contributed by atoms with Gasteiger partial charge < -0.3 is 5.32 Å². The van der Waals surface area contributed by atoms with E-state index >= 15 is 0 Å². The Kier molecular flexibility index (Phi) is 8.48. The lowest BCUT2D eigenvalue weighted by Crippen LogP contribution is -2.54. The van der Waals surface area contributed by atoms with Gasteiger partial charge in [-0.05, 0) is 42.1 Å². The number of anilines is 1. The van der Waals surface area contributed by atoms with Crippen LogP contribution in [0.2, 0.25) is 0 Å². The van der Waals surface area contributed by atoms with Gasteiger partial charge in [-0.1, -0.05) is 63.2 Å². The third kappa shape index (κ3) is 7.22. The van der Waals surface area contributed by atoms with Crippen LogP contribution in [0.5, 0.6) is 0 Å². The van der Waals surface area contributed by atoms with Crippen LogP contribution in [0.1, 0.15) is 38.3 Å². The Hall–Kier alpha value is -2.03. The van der Waals surface area contributed by atoms with Gasteiger partial charge in [0.25, 0.3) is 5.92 Å². The summed E-state index contributed by atoms with van der Waals surface area (Å²) >= 11 is 0. The van der Waals surface area contributed by atoms with Gasteiger partial charge in [0.1, 0.15) is 0 Å². The maximum absolute atomic E-state index is 14.5. The standard InChI is InChI=1S/C25H35F2N3O2S/c1-4-29-15-14-24(25(26,27)19-29)28-23-12-10-21(11-13-23)17-30(16-20(2)3)33(31,32)18-22-8-6-5-7-9-22/h5-13,20,24,28H,4,14-19H2,1-3H3. The smallest absolute Gasteiger partial charge is 0.280 e. The second kappa shape index (κ2) is 10.9. The molecule has 0 aromatic heterocycles. The largest absolute Gasteiger partial charge is 0.376 e. The summed E-state index contributed by atoms with van der Waals surface area (Å²) in [5.74, 6) is -2.68. The number of benzene rings is 2. The maximum atomic E-state index is 14.5. The van der Waals surface area contributed by atoms with Crippen molar-refractivity contribution in [2.75, 3.05) is 31.5 Å². The Balaban J connectivity index is 1.68. The Labute approximate surface area is 196 Å². The minimum atomic E-state index is -3.51. The SMILES string of the molecule is CCN1CCC(Nc2ccc(CN(CC(C)C)S(=O)(=O)Cc3ccccc3)cc2)C(F)(F)C1. The summed E-state index contributed by atoms with van der Waals surface area (Å²) in [4.78, 5) is 1.76. The number of nitrogens with one attached hydrogen (secondary N) is 1. The van der Waals surface area contributed by atoms with Gasteiger partial charge in [-0.3, -0.25) is 4.90 Å². The van der Waals surface area contributed by atoms with Crippen molar-refractivity contribution in [2.45, 2.75) is 51.5 Å². The number of halogens is 2. The minimum Gasteiger partial charge on any atom is -0.376 e. The molecular weight excluding hydrogens is 444 g/mol. The predicted molar refractivity (Wildman–Crippen MR) is 130 cm³/mol. The molecule has 0 aliphatic carbocycles. The van der Waals surface area contributed by atoms with E-state index in [0.717, 1.165) is 11.1 Å². The normalized spacial score (nSPS) is 19.2. The molecule has 0 amide bonds. The molecule has 8 heteroatoms. The number of likely N-dealkylation sites (tertiary alicyclic amines) is 1. The van der Waals surface area contributed by atoms with Crippen molar-refractivity contribution in [1.82, 2.24) is 9.21 Å². The molecule has 0 bridgehead atoms. The van der Waals surface area contributed by atoms with Crippen LogP contribution in [0.25, 0.3) is 0 Å². The lowest BCUT2D eigenvalue weighted by atomic mass is 10.00. The first-order valence-corrected chi connectivity index (χ1v) is 13.2. The Morgan fingerprint density at radius 3 is 2.33 bits per heavy atom. The van der Waals surface area contributed by atoms with Crippen LogP contribution >= 0.6 is 0 Å². The zero-order valence-corrected chi connectivity index (χ0v) is 20.5. The first-order chi connectivity index (χ1) is 15.6. The Bertz CT molecular complexity index is 982. The average molecular weight is 480 g/mol. The predicted octanol–water partition coefficient (Wildman–Crippen LogP) is 4.82. The number of piperidine rings is 1. The molecule has 5 nitrogen and oxygen atoms in total. The maximum Gasteiger partial charge on any atom is 0.280 e. The third-order valence-corrected chi connectivity index (χ3v) is 7.70. The molecular formula is C25H35F2N3O2S. The topological polar surface area (TPSA) is 52.6 Å². The van der Waals surface area contributed by atoms with E-state index < -0.39 is 22.0 Å². The van der Waals surface area contributed by atoms with E-state index in [1.165, 1.54) is 4.31 Å². The summed E-state index contributed by atoms with van der Waals surface area (Å²) in [7, 11) is -3.51. The van der Waals surface area contributed by atoms with E-state index in [-0.39, 0.29) is 24.8 Å². The van der Waals surface area contributed by atoms with E-state index in [9.17, 15) is 17.2 Å². The molecule has 1 aliphatic rings. The summed E-state index contributed by atoms with van der Waals surface area (Å²) < 4.78 is 56.7. The molecule has 1 aliphatic heterocycles. The second-order valence-electron chi connectivity index (χ2n) is 9.24. The van der Waals surface area contributed by atoms with Crippen LogP contribution in [0.4, 0.5) is 14.5 Å². The van der Waals surface area contributed by atoms with Crippen LogP contribution < -0.4 is 5.32 Å². The number of rotatable bonds is 10.